The lowest BCUT2D eigenvalue weighted by atomic mass is 9.75. The molecular formula is C27H27NO. The van der Waals surface area contributed by atoms with Crippen molar-refractivity contribution >= 4 is 11.6 Å². The summed E-state index contributed by atoms with van der Waals surface area (Å²) in [5, 5.41) is 0. The summed E-state index contributed by atoms with van der Waals surface area (Å²) in [4.78, 5) is 15.6. The van der Waals surface area contributed by atoms with E-state index in [-0.39, 0.29) is 5.91 Å². The predicted molar refractivity (Wildman–Crippen MR) is 123 cm³/mol. The standard InChI is InChI=1S/C27H27NO/c1-5-9-16-22(8-4)27(21(7-3)15-6-2)25-20-14-13-19-24(25)26(29)28(27)23-17-11-10-12-18-23/h5-20H,4H2,1-3H3/b9-5-,15-6-,21-7+,22-16+. The maximum Gasteiger partial charge on any atom is 0.260 e. The third-order valence-electron chi connectivity index (χ3n) is 5.28. The van der Waals surface area contributed by atoms with Crippen molar-refractivity contribution in [2.24, 2.45) is 0 Å². The number of benzene rings is 2. The van der Waals surface area contributed by atoms with E-state index in [1.54, 1.807) is 0 Å². The summed E-state index contributed by atoms with van der Waals surface area (Å²) in [6, 6.07) is 17.7. The highest BCUT2D eigenvalue weighted by Crippen LogP contribution is 2.52. The Balaban J connectivity index is 2.50. The fraction of sp³-hybridized carbons (Fsp3) is 0.148. The Bertz CT molecular complexity index is 1020. The highest BCUT2D eigenvalue weighted by atomic mass is 16.2. The fourth-order valence-corrected chi connectivity index (χ4v) is 4.14. The van der Waals surface area contributed by atoms with E-state index in [4.69, 9.17) is 0 Å². The molecule has 3 rings (SSSR count). The van der Waals surface area contributed by atoms with E-state index < -0.39 is 5.54 Å². The molecule has 0 fully saturated rings. The van der Waals surface area contributed by atoms with Crippen LogP contribution in [0.2, 0.25) is 0 Å². The molecule has 1 aliphatic rings. The summed E-state index contributed by atoms with van der Waals surface area (Å²) in [5.41, 5.74) is 3.72. The first-order valence-corrected chi connectivity index (χ1v) is 9.91. The Hall–Kier alpha value is -3.39. The minimum atomic E-state index is -0.794. The molecule has 0 radical (unpaired) electrons. The molecule has 0 saturated carbocycles. The SMILES string of the molecule is C=C/C(=C\C=C/C)C1(C(/C=C\C)=C/C)c2ccccc2C(=O)N1c1ccccc1. The smallest absolute Gasteiger partial charge is 0.260 e. The molecule has 1 atom stereocenters. The fourth-order valence-electron chi connectivity index (χ4n) is 4.14. The molecule has 0 bridgehead atoms. The highest BCUT2D eigenvalue weighted by Gasteiger charge is 2.53. The van der Waals surface area contributed by atoms with Crippen LogP contribution in [0.3, 0.4) is 0 Å². The van der Waals surface area contributed by atoms with Crippen molar-refractivity contribution in [2.75, 3.05) is 4.90 Å². The molecule has 0 aliphatic carbocycles. The molecule has 29 heavy (non-hydrogen) atoms. The monoisotopic (exact) mass is 381 g/mol. The number of carbonyl (C=O) groups excluding carboxylic acids is 1. The largest absolute Gasteiger partial charge is 0.290 e. The maximum atomic E-state index is 13.7. The number of fused-ring (bicyclic) bond motifs is 1. The number of nitrogens with zero attached hydrogens (tertiary/aromatic N) is 1. The lowest BCUT2D eigenvalue weighted by Crippen LogP contribution is -2.46. The molecule has 0 aromatic heterocycles. The van der Waals surface area contributed by atoms with Crippen LogP contribution in [-0.4, -0.2) is 5.91 Å². The zero-order valence-corrected chi connectivity index (χ0v) is 17.3. The topological polar surface area (TPSA) is 20.3 Å². The van der Waals surface area contributed by atoms with Crippen molar-refractivity contribution in [3.05, 3.63) is 126 Å². The van der Waals surface area contributed by atoms with E-state index in [1.165, 1.54) is 0 Å². The van der Waals surface area contributed by atoms with Gasteiger partial charge in [0.05, 0.1) is 0 Å². The first-order valence-electron chi connectivity index (χ1n) is 9.91. The summed E-state index contributed by atoms with van der Waals surface area (Å²) in [5.74, 6) is -0.0103. The molecule has 2 aromatic rings. The zero-order chi connectivity index (χ0) is 20.9. The first kappa shape index (κ1) is 20.3. The van der Waals surface area contributed by atoms with Gasteiger partial charge in [0.2, 0.25) is 0 Å². The Kier molecular flexibility index (Phi) is 6.13. The van der Waals surface area contributed by atoms with Crippen LogP contribution >= 0.6 is 0 Å². The third kappa shape index (κ3) is 3.21. The van der Waals surface area contributed by atoms with Gasteiger partial charge in [0.25, 0.3) is 5.91 Å². The molecule has 2 aromatic carbocycles. The molecule has 2 heteroatoms. The number of rotatable bonds is 6. The Labute approximate surface area is 173 Å². The summed E-state index contributed by atoms with van der Waals surface area (Å²) in [6.07, 6.45) is 14.1. The summed E-state index contributed by atoms with van der Waals surface area (Å²) < 4.78 is 0. The number of amides is 1. The number of hydrogen-bond acceptors (Lipinski definition) is 1. The van der Waals surface area contributed by atoms with Crippen LogP contribution < -0.4 is 4.90 Å². The van der Waals surface area contributed by atoms with Gasteiger partial charge in [-0.25, -0.2) is 0 Å². The van der Waals surface area contributed by atoms with E-state index in [0.717, 1.165) is 22.4 Å². The average Bonchev–Trinajstić information content (AvgIpc) is 3.03. The lowest BCUT2D eigenvalue weighted by molar-refractivity contribution is 0.0986. The number of allylic oxidation sites excluding steroid dienone is 5. The minimum absolute atomic E-state index is 0.0103. The zero-order valence-electron chi connectivity index (χ0n) is 17.3. The Morgan fingerprint density at radius 1 is 0.931 bits per heavy atom. The van der Waals surface area contributed by atoms with Gasteiger partial charge in [-0.15, -0.1) is 0 Å². The van der Waals surface area contributed by atoms with Crippen molar-refractivity contribution < 1.29 is 4.79 Å². The van der Waals surface area contributed by atoms with Gasteiger partial charge >= 0.3 is 0 Å². The first-order chi connectivity index (χ1) is 14.2. The second kappa shape index (κ2) is 8.74. The van der Waals surface area contributed by atoms with Crippen molar-refractivity contribution in [3.8, 4) is 0 Å². The molecule has 1 amide bonds. The molecule has 1 unspecified atom stereocenters. The normalized spacial score (nSPS) is 20.0. The van der Waals surface area contributed by atoms with Gasteiger partial charge in [-0.05, 0) is 55.7 Å². The van der Waals surface area contributed by atoms with Gasteiger partial charge in [-0.2, -0.15) is 0 Å². The number of anilines is 1. The molecule has 1 aliphatic heterocycles. The van der Waals surface area contributed by atoms with Crippen LogP contribution in [0.5, 0.6) is 0 Å². The second-order valence-electron chi connectivity index (χ2n) is 6.83. The summed E-state index contributed by atoms with van der Waals surface area (Å²) >= 11 is 0. The number of carbonyl (C=O) groups is 1. The Morgan fingerprint density at radius 3 is 2.24 bits per heavy atom. The van der Waals surface area contributed by atoms with Crippen LogP contribution in [0, 0.1) is 0 Å². The molecule has 0 saturated heterocycles. The number of hydrogen-bond donors (Lipinski definition) is 0. The minimum Gasteiger partial charge on any atom is -0.290 e. The van der Waals surface area contributed by atoms with Gasteiger partial charge in [0.1, 0.15) is 5.54 Å². The van der Waals surface area contributed by atoms with Crippen LogP contribution in [0.15, 0.2) is 115 Å². The molecule has 1 heterocycles. The quantitative estimate of drug-likeness (QED) is 0.507. The molecule has 146 valence electrons. The lowest BCUT2D eigenvalue weighted by Gasteiger charge is -2.42. The second-order valence-corrected chi connectivity index (χ2v) is 6.83. The maximum absolute atomic E-state index is 13.7. The summed E-state index contributed by atoms with van der Waals surface area (Å²) in [6.45, 7) is 10.1. The van der Waals surface area contributed by atoms with E-state index >= 15 is 0 Å². The van der Waals surface area contributed by atoms with Gasteiger partial charge in [-0.1, -0.05) is 85.5 Å². The van der Waals surface area contributed by atoms with E-state index in [0.29, 0.717) is 5.56 Å². The van der Waals surface area contributed by atoms with Crippen molar-refractivity contribution in [2.45, 2.75) is 26.3 Å². The third-order valence-corrected chi connectivity index (χ3v) is 5.28. The van der Waals surface area contributed by atoms with Gasteiger partial charge in [0.15, 0.2) is 0 Å². The van der Waals surface area contributed by atoms with Gasteiger partial charge in [0, 0.05) is 11.3 Å². The van der Waals surface area contributed by atoms with Crippen LogP contribution in [-0.2, 0) is 5.54 Å². The van der Waals surface area contributed by atoms with Gasteiger partial charge < -0.3 is 0 Å². The Morgan fingerprint density at radius 2 is 1.62 bits per heavy atom. The van der Waals surface area contributed by atoms with E-state index in [1.807, 2.05) is 105 Å². The highest BCUT2D eigenvalue weighted by molar-refractivity contribution is 6.14. The summed E-state index contributed by atoms with van der Waals surface area (Å²) in [7, 11) is 0. The molecule has 0 N–H and O–H groups in total. The average molecular weight is 382 g/mol. The molecule has 0 spiro atoms. The predicted octanol–water partition coefficient (Wildman–Crippen LogP) is 6.75. The van der Waals surface area contributed by atoms with Crippen LogP contribution in [0.25, 0.3) is 0 Å². The van der Waals surface area contributed by atoms with E-state index in [9.17, 15) is 4.79 Å². The van der Waals surface area contributed by atoms with E-state index in [2.05, 4.69) is 24.8 Å². The number of para-hydroxylation sites is 1. The van der Waals surface area contributed by atoms with Crippen LogP contribution in [0.1, 0.15) is 36.7 Å². The molecule has 2 nitrogen and oxygen atoms in total. The van der Waals surface area contributed by atoms with Crippen molar-refractivity contribution in [1.82, 2.24) is 0 Å². The van der Waals surface area contributed by atoms with Crippen LogP contribution in [0.4, 0.5) is 5.69 Å². The van der Waals surface area contributed by atoms with Crippen molar-refractivity contribution in [1.29, 1.82) is 0 Å². The van der Waals surface area contributed by atoms with Crippen molar-refractivity contribution in [3.63, 3.8) is 0 Å². The molecular weight excluding hydrogens is 354 g/mol. The van der Waals surface area contributed by atoms with Gasteiger partial charge in [-0.3, -0.25) is 9.69 Å².